The third kappa shape index (κ3) is 15.4. The molecule has 4 unspecified atom stereocenters. The second kappa shape index (κ2) is 20.2. The zero-order valence-corrected chi connectivity index (χ0v) is 22.9. The summed E-state index contributed by atoms with van der Waals surface area (Å²) in [7, 11) is 0. The van der Waals surface area contributed by atoms with Gasteiger partial charge in [0.25, 0.3) is 0 Å². The van der Waals surface area contributed by atoms with Gasteiger partial charge in [-0.15, -0.1) is 0 Å². The predicted molar refractivity (Wildman–Crippen MR) is 131 cm³/mol. The second-order valence-corrected chi connectivity index (χ2v) is 11.1. The summed E-state index contributed by atoms with van der Waals surface area (Å²) < 4.78 is 0. The summed E-state index contributed by atoms with van der Waals surface area (Å²) in [4.78, 5) is 0. The zero-order chi connectivity index (χ0) is 20.8. The van der Waals surface area contributed by atoms with Gasteiger partial charge in [0.05, 0.1) is 0 Å². The molecule has 4 atom stereocenters. The lowest BCUT2D eigenvalue weighted by molar-refractivity contribution is -0.121. The third-order valence-corrected chi connectivity index (χ3v) is 8.68. The monoisotopic (exact) mass is 498 g/mol. The summed E-state index contributed by atoms with van der Waals surface area (Å²) in [6, 6.07) is 0. The molecule has 2 aliphatic carbocycles. The van der Waals surface area contributed by atoms with Crippen molar-refractivity contribution in [2.24, 2.45) is 17.8 Å². The molecule has 2 fully saturated rings. The molecule has 0 aromatic rings. The van der Waals surface area contributed by atoms with Crippen LogP contribution in [0.15, 0.2) is 0 Å². The maximum atomic E-state index is 6.14. The molecule has 180 valence electrons. The van der Waals surface area contributed by atoms with Crippen molar-refractivity contribution in [3.63, 3.8) is 0 Å². The molecule has 0 aromatic carbocycles. The van der Waals surface area contributed by atoms with Crippen LogP contribution in [0.1, 0.15) is 104 Å². The Morgan fingerprint density at radius 3 is 1.47 bits per heavy atom. The highest BCUT2D eigenvalue weighted by atomic mass is 35.5. The van der Waals surface area contributed by atoms with Gasteiger partial charge in [0.1, 0.15) is 11.4 Å². The van der Waals surface area contributed by atoms with Crippen molar-refractivity contribution in [1.29, 1.82) is 0 Å². The van der Waals surface area contributed by atoms with Crippen molar-refractivity contribution in [3.8, 4) is 0 Å². The Kier molecular flexibility index (Phi) is 22.1. The van der Waals surface area contributed by atoms with Crippen LogP contribution in [0.4, 0.5) is 0 Å². The molecule has 0 heterocycles. The highest BCUT2D eigenvalue weighted by molar-refractivity contribution is 7.99. The summed E-state index contributed by atoms with van der Waals surface area (Å²) in [5.74, 6) is 5.26. The van der Waals surface area contributed by atoms with E-state index in [0.717, 1.165) is 60.2 Å². The fourth-order valence-electron chi connectivity index (χ4n) is 3.67. The standard InChI is InChI=1S/C18H34N2S2.C6H12.2ClH/c1-15-11-12-18(15)22-14-6-10-17(20)8-3-2-7-16(19)9-4-5-13-21;1-5-3-4-6(5)2;;/h15,18-21H,2-14H2,1H3;5-6H,3-4H2,1-2H3;2*1H. The summed E-state index contributed by atoms with van der Waals surface area (Å²) in [5.41, 5.74) is 2.35. The topological polar surface area (TPSA) is 51.2 Å². The summed E-state index contributed by atoms with van der Waals surface area (Å²) >= 11 is 6.38. The van der Waals surface area contributed by atoms with E-state index in [-0.39, 0.29) is 24.8 Å². The van der Waals surface area contributed by atoms with E-state index in [1.165, 1.54) is 69.3 Å². The molecular weight excluding hydrogens is 451 g/mol. The third-order valence-electron chi connectivity index (χ3n) is 6.72. The Morgan fingerprint density at radius 1 is 0.700 bits per heavy atom. The number of unbranched alkanes of at least 4 members (excludes halogenated alkanes) is 2. The molecule has 0 radical (unpaired) electrons. The highest BCUT2D eigenvalue weighted by Gasteiger charge is 2.26. The van der Waals surface area contributed by atoms with Crippen LogP contribution < -0.4 is 35.6 Å². The van der Waals surface area contributed by atoms with E-state index in [9.17, 15) is 0 Å². The molecule has 2 nitrogen and oxygen atoms in total. The van der Waals surface area contributed by atoms with Gasteiger partial charge in [-0.25, -0.2) is 0 Å². The molecule has 2 rings (SSSR count). The van der Waals surface area contributed by atoms with Gasteiger partial charge in [0.15, 0.2) is 0 Å². The molecule has 0 aliphatic heterocycles. The van der Waals surface area contributed by atoms with Crippen LogP contribution in [0.5, 0.6) is 0 Å². The lowest BCUT2D eigenvalue weighted by Gasteiger charge is -2.33. The molecule has 0 amide bonds. The average molecular weight is 500 g/mol. The maximum absolute atomic E-state index is 6.14. The maximum Gasteiger partial charge on any atom is 0.149 e. The largest absolute Gasteiger partial charge is 1.00 e. The number of halogens is 2. The van der Waals surface area contributed by atoms with Crippen LogP contribution in [0.2, 0.25) is 0 Å². The van der Waals surface area contributed by atoms with Crippen LogP contribution >= 0.6 is 24.4 Å². The number of hydrogen-bond donors (Lipinski definition) is 3. The van der Waals surface area contributed by atoms with E-state index in [2.05, 4.69) is 45.2 Å². The van der Waals surface area contributed by atoms with Crippen molar-refractivity contribution in [2.45, 2.75) is 109 Å². The van der Waals surface area contributed by atoms with Crippen molar-refractivity contribution in [2.75, 3.05) is 11.5 Å². The van der Waals surface area contributed by atoms with E-state index >= 15 is 0 Å². The van der Waals surface area contributed by atoms with Crippen LogP contribution in [0.25, 0.3) is 0 Å². The lowest BCUT2D eigenvalue weighted by Crippen LogP contribution is -3.00. The molecule has 6 heteroatoms. The number of thioether (sulfide) groups is 1. The SMILES string of the molecule is CC1CCC1C.CC1CCC1SCCCC(=[NH2+])CCCCC(=[NH2+])CCCCS.[Cl-].[Cl-]. The Labute approximate surface area is 209 Å². The molecule has 30 heavy (non-hydrogen) atoms. The van der Waals surface area contributed by atoms with E-state index < -0.39 is 0 Å². The van der Waals surface area contributed by atoms with Crippen LogP contribution in [0, 0.1) is 17.8 Å². The van der Waals surface area contributed by atoms with Crippen molar-refractivity contribution in [1.82, 2.24) is 0 Å². The van der Waals surface area contributed by atoms with E-state index in [4.69, 9.17) is 10.8 Å². The minimum Gasteiger partial charge on any atom is -1.00 e. The average Bonchev–Trinajstić information content (AvgIpc) is 2.69. The van der Waals surface area contributed by atoms with Gasteiger partial charge in [0, 0.05) is 30.9 Å². The van der Waals surface area contributed by atoms with Gasteiger partial charge in [-0.3, -0.25) is 10.8 Å². The molecule has 4 N–H and O–H groups in total. The number of nitrogens with two attached hydrogens (primary N) is 2. The fraction of sp³-hybridized carbons (Fsp3) is 0.917. The van der Waals surface area contributed by atoms with Gasteiger partial charge < -0.3 is 24.8 Å². The van der Waals surface area contributed by atoms with Gasteiger partial charge in [0.2, 0.25) is 0 Å². The molecule has 0 spiro atoms. The first kappa shape index (κ1) is 32.8. The van der Waals surface area contributed by atoms with Gasteiger partial charge in [-0.05, 0) is 74.2 Å². The Balaban J connectivity index is 0. The number of hydrogen-bond acceptors (Lipinski definition) is 2. The number of thiol groups is 1. The van der Waals surface area contributed by atoms with Crippen LogP contribution in [-0.4, -0.2) is 28.2 Å². The smallest absolute Gasteiger partial charge is 0.149 e. The van der Waals surface area contributed by atoms with E-state index in [1.807, 2.05) is 0 Å². The minimum atomic E-state index is 0. The lowest BCUT2D eigenvalue weighted by atomic mass is 9.77. The minimum absolute atomic E-state index is 0. The summed E-state index contributed by atoms with van der Waals surface area (Å²) in [5, 5.41) is 13.1. The summed E-state index contributed by atoms with van der Waals surface area (Å²) in [6.07, 6.45) is 16.1. The Hall–Kier alpha value is 0.620. The van der Waals surface area contributed by atoms with Crippen LogP contribution in [0.3, 0.4) is 0 Å². The normalized spacial score (nSPS) is 24.1. The quantitative estimate of drug-likeness (QED) is 0.151. The molecule has 0 bridgehead atoms. The van der Waals surface area contributed by atoms with Gasteiger partial charge in [-0.2, -0.15) is 24.4 Å². The fourth-order valence-corrected chi connectivity index (χ4v) is 5.27. The van der Waals surface area contributed by atoms with Crippen molar-refractivity contribution >= 4 is 35.8 Å². The van der Waals surface area contributed by atoms with E-state index in [1.54, 1.807) is 0 Å². The first-order valence-corrected chi connectivity index (χ1v) is 13.5. The predicted octanol–water partition coefficient (Wildman–Crippen LogP) is -1.58. The Morgan fingerprint density at radius 2 is 1.13 bits per heavy atom. The second-order valence-electron chi connectivity index (χ2n) is 9.30. The van der Waals surface area contributed by atoms with Crippen molar-refractivity contribution in [3.05, 3.63) is 0 Å². The molecule has 0 saturated heterocycles. The van der Waals surface area contributed by atoms with Crippen molar-refractivity contribution < 1.29 is 35.6 Å². The molecular formula is C24H48Cl2N2S2. The molecule has 2 aliphatic rings. The molecule has 0 aromatic heterocycles. The molecule has 2 saturated carbocycles. The van der Waals surface area contributed by atoms with E-state index in [0.29, 0.717) is 0 Å². The van der Waals surface area contributed by atoms with Gasteiger partial charge in [-0.1, -0.05) is 33.6 Å². The first-order valence-electron chi connectivity index (χ1n) is 11.9. The number of rotatable bonds is 14. The zero-order valence-electron chi connectivity index (χ0n) is 19.7. The first-order chi connectivity index (χ1) is 13.4. The van der Waals surface area contributed by atoms with Crippen LogP contribution in [-0.2, 0) is 0 Å². The highest BCUT2D eigenvalue weighted by Crippen LogP contribution is 2.37. The Bertz CT molecular complexity index is 441. The van der Waals surface area contributed by atoms with Gasteiger partial charge >= 0.3 is 0 Å². The summed E-state index contributed by atoms with van der Waals surface area (Å²) in [6.45, 7) is 7.03.